The molecule has 1 N–H and O–H groups in total. The first-order chi connectivity index (χ1) is 12.9. The average molecular weight is 443 g/mol. The van der Waals surface area contributed by atoms with Crippen molar-refractivity contribution in [2.24, 2.45) is 5.41 Å². The standard InChI is InChI=1S/C18H26F5N3O2S/c1-17(2,3)18(28)8-11-26(16(18)27)13-6-9-25(10-7-13)15-5-4-14(12-24-15)29(19,20,21,22)23/h4-5,12-13,28H,6-11H2,1-3H3. The van der Waals surface area contributed by atoms with Crippen molar-refractivity contribution in [2.45, 2.75) is 56.6 Å². The van der Waals surface area contributed by atoms with Gasteiger partial charge >= 0.3 is 10.2 Å². The Morgan fingerprint density at radius 3 is 2.10 bits per heavy atom. The summed E-state index contributed by atoms with van der Waals surface area (Å²) in [5, 5.41) is 10.8. The lowest BCUT2D eigenvalue weighted by atomic mass is 9.75. The second kappa shape index (κ2) is 5.96. The summed E-state index contributed by atoms with van der Waals surface area (Å²) in [5.41, 5.74) is -2.00. The number of aromatic nitrogens is 1. The Kier molecular flexibility index (Phi) is 4.54. The van der Waals surface area contributed by atoms with Crippen molar-refractivity contribution in [1.29, 1.82) is 0 Å². The number of aliphatic hydroxyl groups is 1. The molecule has 1 aromatic heterocycles. The van der Waals surface area contributed by atoms with Crippen LogP contribution in [0.5, 0.6) is 0 Å². The second-order valence-corrected chi connectivity index (χ2v) is 11.3. The van der Waals surface area contributed by atoms with Gasteiger partial charge in [-0.15, -0.1) is 0 Å². The van der Waals surface area contributed by atoms with Crippen LogP contribution in [0.4, 0.5) is 25.2 Å². The first kappa shape index (κ1) is 22.1. The molecule has 3 heterocycles. The van der Waals surface area contributed by atoms with Gasteiger partial charge in [0.2, 0.25) is 0 Å². The van der Waals surface area contributed by atoms with Crippen LogP contribution in [0.25, 0.3) is 0 Å². The molecule has 29 heavy (non-hydrogen) atoms. The lowest BCUT2D eigenvalue weighted by Crippen LogP contribution is -2.53. The minimum Gasteiger partial charge on any atom is -0.379 e. The van der Waals surface area contributed by atoms with E-state index in [1.807, 2.05) is 20.8 Å². The molecule has 2 saturated heterocycles. The Bertz CT molecular complexity index is 802. The monoisotopic (exact) mass is 443 g/mol. The van der Waals surface area contributed by atoms with Crippen molar-refractivity contribution >= 4 is 21.9 Å². The van der Waals surface area contributed by atoms with Crippen LogP contribution >= 0.6 is 10.2 Å². The van der Waals surface area contributed by atoms with Crippen molar-refractivity contribution in [3.05, 3.63) is 18.3 Å². The highest BCUT2D eigenvalue weighted by Crippen LogP contribution is 3.02. The van der Waals surface area contributed by atoms with Gasteiger partial charge in [-0.1, -0.05) is 40.2 Å². The summed E-state index contributed by atoms with van der Waals surface area (Å²) < 4.78 is 64.1. The topological polar surface area (TPSA) is 56.7 Å². The van der Waals surface area contributed by atoms with E-state index in [0.717, 1.165) is 6.07 Å². The third kappa shape index (κ3) is 4.16. The molecule has 0 aliphatic carbocycles. The number of hydrogen-bond donors (Lipinski definition) is 1. The quantitative estimate of drug-likeness (QED) is 0.687. The molecule has 5 nitrogen and oxygen atoms in total. The number of nitrogens with zero attached hydrogens (tertiary/aromatic N) is 3. The number of likely N-dealkylation sites (tertiary alicyclic amines) is 1. The van der Waals surface area contributed by atoms with Gasteiger partial charge in [0.15, 0.2) is 0 Å². The van der Waals surface area contributed by atoms with Crippen LogP contribution in [0.1, 0.15) is 40.0 Å². The van der Waals surface area contributed by atoms with Gasteiger partial charge in [0.1, 0.15) is 16.3 Å². The normalized spacial score (nSPS) is 27.1. The summed E-state index contributed by atoms with van der Waals surface area (Å²) in [6.07, 6.45) is 1.64. The Hall–Kier alpha value is -1.62. The van der Waals surface area contributed by atoms with Gasteiger partial charge < -0.3 is 14.9 Å². The van der Waals surface area contributed by atoms with E-state index in [0.29, 0.717) is 45.0 Å². The summed E-state index contributed by atoms with van der Waals surface area (Å²) in [7, 11) is -9.73. The van der Waals surface area contributed by atoms with Crippen molar-refractivity contribution in [3.8, 4) is 0 Å². The number of pyridine rings is 1. The molecule has 11 heteroatoms. The van der Waals surface area contributed by atoms with Crippen molar-refractivity contribution in [3.63, 3.8) is 0 Å². The third-order valence-electron chi connectivity index (χ3n) is 5.97. The number of hydrogen-bond acceptors (Lipinski definition) is 4. The largest absolute Gasteiger partial charge is 0.379 e. The fourth-order valence-electron chi connectivity index (χ4n) is 3.97. The van der Waals surface area contributed by atoms with Crippen molar-refractivity contribution in [1.82, 2.24) is 9.88 Å². The minimum atomic E-state index is -9.73. The molecule has 1 aromatic rings. The lowest BCUT2D eigenvalue weighted by molar-refractivity contribution is -0.155. The van der Waals surface area contributed by atoms with Gasteiger partial charge in [0.25, 0.3) is 5.91 Å². The van der Waals surface area contributed by atoms with E-state index in [2.05, 4.69) is 4.98 Å². The van der Waals surface area contributed by atoms with Gasteiger partial charge in [0.05, 0.1) is 6.20 Å². The summed E-state index contributed by atoms with van der Waals surface area (Å²) >= 11 is 0. The highest BCUT2D eigenvalue weighted by atomic mass is 32.5. The molecule has 1 unspecified atom stereocenters. The number of carbonyl (C=O) groups is 1. The first-order valence-electron chi connectivity index (χ1n) is 9.41. The maximum Gasteiger partial charge on any atom is 0.311 e. The van der Waals surface area contributed by atoms with Crippen LogP contribution in [-0.4, -0.2) is 52.2 Å². The van der Waals surface area contributed by atoms with E-state index in [-0.39, 0.29) is 24.0 Å². The first-order valence-corrected chi connectivity index (χ1v) is 11.4. The number of halogens is 5. The summed E-state index contributed by atoms with van der Waals surface area (Å²) in [5.74, 6) is -0.102. The van der Waals surface area contributed by atoms with Crippen LogP contribution in [-0.2, 0) is 4.79 Å². The SMILES string of the molecule is CC(C)(C)C1(O)CCN(C2CCN(c3ccc(S(F)(F)(F)(F)F)cn3)CC2)C1=O. The Labute approximate surface area is 166 Å². The van der Waals surface area contributed by atoms with Gasteiger partial charge in [-0.2, -0.15) is 0 Å². The summed E-state index contributed by atoms with van der Waals surface area (Å²) in [6.45, 7) is 6.75. The number of amides is 1. The Morgan fingerprint density at radius 2 is 1.69 bits per heavy atom. The van der Waals surface area contributed by atoms with Crippen LogP contribution in [0.15, 0.2) is 23.2 Å². The Morgan fingerprint density at radius 1 is 1.10 bits per heavy atom. The van der Waals surface area contributed by atoms with Crippen molar-refractivity contribution in [2.75, 3.05) is 24.5 Å². The van der Waals surface area contributed by atoms with E-state index in [9.17, 15) is 29.3 Å². The molecule has 3 rings (SSSR count). The van der Waals surface area contributed by atoms with Crippen LogP contribution < -0.4 is 4.90 Å². The summed E-state index contributed by atoms with van der Waals surface area (Å²) in [6, 6.07) is 1.23. The molecule has 2 fully saturated rings. The zero-order chi connectivity index (χ0) is 21.9. The van der Waals surface area contributed by atoms with E-state index in [1.165, 1.54) is 0 Å². The lowest BCUT2D eigenvalue weighted by Gasteiger charge is -2.41. The summed E-state index contributed by atoms with van der Waals surface area (Å²) in [4.78, 5) is 17.8. The highest BCUT2D eigenvalue weighted by Gasteiger charge is 2.65. The maximum atomic E-state index is 12.8. The molecule has 0 bridgehead atoms. The molecular weight excluding hydrogens is 417 g/mol. The molecule has 0 aromatic carbocycles. The van der Waals surface area contributed by atoms with Crippen LogP contribution in [0, 0.1) is 5.41 Å². The van der Waals surface area contributed by atoms with E-state index in [4.69, 9.17) is 0 Å². The molecule has 0 spiro atoms. The van der Waals surface area contributed by atoms with E-state index >= 15 is 0 Å². The molecule has 166 valence electrons. The number of rotatable bonds is 3. The molecule has 2 aliphatic heterocycles. The molecule has 2 aliphatic rings. The van der Waals surface area contributed by atoms with Gasteiger partial charge in [-0.3, -0.25) is 4.79 Å². The van der Waals surface area contributed by atoms with Gasteiger partial charge in [-0.25, -0.2) is 4.98 Å². The highest BCUT2D eigenvalue weighted by molar-refractivity contribution is 8.45. The predicted octanol–water partition coefficient (Wildman–Crippen LogP) is 4.72. The molecule has 1 atom stereocenters. The van der Waals surface area contributed by atoms with E-state index in [1.54, 1.807) is 9.80 Å². The number of piperidine rings is 1. The maximum absolute atomic E-state index is 12.8. The molecular formula is C18H26F5N3O2S. The third-order valence-corrected chi connectivity index (χ3v) is 7.10. The van der Waals surface area contributed by atoms with Crippen LogP contribution in [0.3, 0.4) is 0 Å². The Balaban J connectivity index is 1.66. The van der Waals surface area contributed by atoms with Crippen LogP contribution in [0.2, 0.25) is 0 Å². The van der Waals surface area contributed by atoms with Gasteiger partial charge in [0, 0.05) is 32.1 Å². The minimum absolute atomic E-state index is 0.0842. The molecule has 1 amide bonds. The smallest absolute Gasteiger partial charge is 0.311 e. The number of carbonyl (C=O) groups excluding carboxylic acids is 1. The second-order valence-electron chi connectivity index (χ2n) is 8.90. The number of anilines is 1. The van der Waals surface area contributed by atoms with E-state index < -0.39 is 26.1 Å². The fourth-order valence-corrected chi connectivity index (χ4v) is 4.54. The molecule has 0 saturated carbocycles. The average Bonchev–Trinajstić information content (AvgIpc) is 2.90. The zero-order valence-corrected chi connectivity index (χ0v) is 17.4. The fraction of sp³-hybridized carbons (Fsp3) is 0.667. The molecule has 0 radical (unpaired) electrons. The van der Waals surface area contributed by atoms with Crippen molar-refractivity contribution < 1.29 is 29.3 Å². The predicted molar refractivity (Wildman–Crippen MR) is 102 cm³/mol. The van der Waals surface area contributed by atoms with Gasteiger partial charge in [-0.05, 0) is 30.4 Å². The zero-order valence-electron chi connectivity index (χ0n) is 16.5.